The molecule has 2 heterocycles. The number of rotatable bonds is 0. The van der Waals surface area contributed by atoms with Gasteiger partial charge in [0, 0.05) is 22.0 Å². The van der Waals surface area contributed by atoms with E-state index in [1.54, 1.807) is 0 Å². The molecule has 3 aromatic rings. The summed E-state index contributed by atoms with van der Waals surface area (Å²) in [7, 11) is 0. The van der Waals surface area contributed by atoms with E-state index in [1.165, 1.54) is 49.8 Å². The van der Waals surface area contributed by atoms with Crippen LogP contribution in [0, 0.1) is 0 Å². The molecule has 1 aromatic heterocycles. The Morgan fingerprint density at radius 1 is 0.783 bits per heavy atom. The summed E-state index contributed by atoms with van der Waals surface area (Å²) in [4.78, 5) is 0. The minimum atomic E-state index is 1.29. The summed E-state index contributed by atoms with van der Waals surface area (Å²) in [5, 5.41) is 2.66. The number of aromatic nitrogens is 1. The number of fused-ring (bicyclic) bond motifs is 3. The number of hydrogen-bond acceptors (Lipinski definition) is 0. The molecule has 0 saturated carbocycles. The van der Waals surface area contributed by atoms with Crippen molar-refractivity contribution in [3.05, 3.63) is 71.3 Å². The van der Waals surface area contributed by atoms with Gasteiger partial charge in [-0.2, -0.15) is 0 Å². The van der Waals surface area contributed by atoms with Crippen LogP contribution in [0.1, 0.15) is 33.3 Å². The van der Waals surface area contributed by atoms with E-state index in [0.717, 1.165) is 0 Å². The van der Waals surface area contributed by atoms with Gasteiger partial charge in [-0.3, -0.25) is 0 Å². The molecule has 1 aliphatic rings. The van der Waals surface area contributed by atoms with Crippen LogP contribution in [0.3, 0.4) is 0 Å². The first-order valence-electron chi connectivity index (χ1n) is 8.22. The van der Waals surface area contributed by atoms with Gasteiger partial charge in [0.2, 0.25) is 0 Å². The van der Waals surface area contributed by atoms with Crippen molar-refractivity contribution < 1.29 is 0 Å². The Morgan fingerprint density at radius 3 is 2.22 bits per heavy atom. The van der Waals surface area contributed by atoms with Crippen molar-refractivity contribution in [3.8, 4) is 0 Å². The molecule has 1 aliphatic heterocycles. The lowest BCUT2D eigenvalue weighted by atomic mass is 9.91. The van der Waals surface area contributed by atoms with Gasteiger partial charge in [-0.1, -0.05) is 48.6 Å². The zero-order valence-corrected chi connectivity index (χ0v) is 14.1. The summed E-state index contributed by atoms with van der Waals surface area (Å²) in [5.41, 5.74) is 9.27. The van der Waals surface area contributed by atoms with E-state index in [4.69, 9.17) is 0 Å². The molecule has 0 saturated heterocycles. The Kier molecular flexibility index (Phi) is 3.05. The van der Waals surface area contributed by atoms with Gasteiger partial charge in [-0.05, 0) is 50.5 Å². The van der Waals surface area contributed by atoms with Crippen molar-refractivity contribution in [3.63, 3.8) is 0 Å². The maximum atomic E-state index is 2.44. The average Bonchev–Trinajstić information content (AvgIpc) is 2.88. The smallest absolute Gasteiger partial charge is 0.0616 e. The highest BCUT2D eigenvalue weighted by molar-refractivity contribution is 6.15. The number of benzene rings is 2. The summed E-state index contributed by atoms with van der Waals surface area (Å²) in [5.74, 6) is 0. The first-order valence-corrected chi connectivity index (χ1v) is 8.22. The Morgan fingerprint density at radius 2 is 1.48 bits per heavy atom. The van der Waals surface area contributed by atoms with Gasteiger partial charge in [0.15, 0.2) is 0 Å². The van der Waals surface area contributed by atoms with Gasteiger partial charge < -0.3 is 4.57 Å². The molecule has 0 radical (unpaired) electrons. The van der Waals surface area contributed by atoms with E-state index in [9.17, 15) is 0 Å². The van der Waals surface area contributed by atoms with E-state index in [1.807, 2.05) is 0 Å². The fourth-order valence-corrected chi connectivity index (χ4v) is 3.98. The van der Waals surface area contributed by atoms with Crippen molar-refractivity contribution in [1.29, 1.82) is 0 Å². The van der Waals surface area contributed by atoms with E-state index in [-0.39, 0.29) is 0 Å². The van der Waals surface area contributed by atoms with Crippen LogP contribution in [0.2, 0.25) is 0 Å². The molecule has 0 atom stereocenters. The van der Waals surface area contributed by atoms with Gasteiger partial charge >= 0.3 is 0 Å². The lowest BCUT2D eigenvalue weighted by molar-refractivity contribution is 1.17. The van der Waals surface area contributed by atoms with Gasteiger partial charge in [0.1, 0.15) is 0 Å². The first-order chi connectivity index (χ1) is 11.2. The SMILES string of the molecule is C/C=C1/C(C)=C(C)n2c3ccccc3c3cccc(c32)/C1=C/C. The maximum Gasteiger partial charge on any atom is 0.0616 e. The van der Waals surface area contributed by atoms with Crippen LogP contribution in [0.15, 0.2) is 65.8 Å². The molecule has 0 unspecified atom stereocenters. The summed E-state index contributed by atoms with van der Waals surface area (Å²) < 4.78 is 2.44. The minimum Gasteiger partial charge on any atom is -0.312 e. The summed E-state index contributed by atoms with van der Waals surface area (Å²) in [6.07, 6.45) is 4.48. The summed E-state index contributed by atoms with van der Waals surface area (Å²) in [6, 6.07) is 15.4. The number of nitrogens with zero attached hydrogens (tertiary/aromatic N) is 1. The molecule has 4 rings (SSSR count). The Labute approximate surface area is 137 Å². The average molecular weight is 299 g/mol. The van der Waals surface area contributed by atoms with Crippen molar-refractivity contribution in [2.45, 2.75) is 27.7 Å². The normalized spacial score (nSPS) is 18.4. The van der Waals surface area contributed by atoms with Crippen LogP contribution in [-0.4, -0.2) is 4.57 Å². The molecule has 114 valence electrons. The second kappa shape index (κ2) is 4.99. The van der Waals surface area contributed by atoms with Crippen molar-refractivity contribution >= 4 is 33.1 Å². The fourth-order valence-electron chi connectivity index (χ4n) is 3.98. The van der Waals surface area contributed by atoms with E-state index in [0.29, 0.717) is 0 Å². The van der Waals surface area contributed by atoms with Gasteiger partial charge in [-0.25, -0.2) is 0 Å². The molecule has 0 N–H and O–H groups in total. The van der Waals surface area contributed by atoms with Crippen molar-refractivity contribution in [1.82, 2.24) is 4.57 Å². The number of hydrogen-bond donors (Lipinski definition) is 0. The Hall–Kier alpha value is -2.54. The largest absolute Gasteiger partial charge is 0.312 e. The third kappa shape index (κ3) is 1.74. The lowest BCUT2D eigenvalue weighted by Gasteiger charge is -2.12. The molecule has 2 aromatic carbocycles. The zero-order chi connectivity index (χ0) is 16.1. The van der Waals surface area contributed by atoms with Crippen LogP contribution < -0.4 is 0 Å². The Balaban J connectivity index is 2.35. The predicted octanol–water partition coefficient (Wildman–Crippen LogP) is 6.41. The minimum absolute atomic E-state index is 1.29. The Bertz CT molecular complexity index is 1040. The predicted molar refractivity (Wildman–Crippen MR) is 101 cm³/mol. The van der Waals surface area contributed by atoms with E-state index < -0.39 is 0 Å². The lowest BCUT2D eigenvalue weighted by Crippen LogP contribution is -1.95. The maximum absolute atomic E-state index is 2.44. The van der Waals surface area contributed by atoms with Gasteiger partial charge in [0.25, 0.3) is 0 Å². The number of allylic oxidation sites excluding steroid dienone is 6. The van der Waals surface area contributed by atoms with Crippen LogP contribution in [0.4, 0.5) is 0 Å². The molecule has 0 fully saturated rings. The molecule has 0 aliphatic carbocycles. The molecule has 1 heteroatoms. The summed E-state index contributed by atoms with van der Waals surface area (Å²) >= 11 is 0. The summed E-state index contributed by atoms with van der Waals surface area (Å²) in [6.45, 7) is 8.74. The third-order valence-electron chi connectivity index (χ3n) is 5.13. The topological polar surface area (TPSA) is 4.93 Å². The zero-order valence-electron chi connectivity index (χ0n) is 14.1. The second-order valence-corrected chi connectivity index (χ2v) is 6.17. The van der Waals surface area contributed by atoms with Crippen LogP contribution in [-0.2, 0) is 0 Å². The highest BCUT2D eigenvalue weighted by Gasteiger charge is 2.23. The molecule has 0 spiro atoms. The quantitative estimate of drug-likeness (QED) is 0.452. The third-order valence-corrected chi connectivity index (χ3v) is 5.13. The van der Waals surface area contributed by atoms with Crippen LogP contribution in [0.25, 0.3) is 33.1 Å². The van der Waals surface area contributed by atoms with Crippen LogP contribution >= 0.6 is 0 Å². The monoisotopic (exact) mass is 299 g/mol. The second-order valence-electron chi connectivity index (χ2n) is 6.17. The van der Waals surface area contributed by atoms with Crippen molar-refractivity contribution in [2.75, 3.05) is 0 Å². The molecule has 0 bridgehead atoms. The molecule has 0 amide bonds. The highest BCUT2D eigenvalue weighted by atomic mass is 15.0. The molecular formula is C22H21N. The van der Waals surface area contributed by atoms with Crippen LogP contribution in [0.5, 0.6) is 0 Å². The van der Waals surface area contributed by atoms with Gasteiger partial charge in [-0.15, -0.1) is 0 Å². The highest BCUT2D eigenvalue weighted by Crippen LogP contribution is 2.43. The number of para-hydroxylation sites is 2. The fraction of sp³-hybridized carbons (Fsp3) is 0.182. The standard InChI is InChI=1S/C22H21N/c1-5-16-14(3)15(4)23-21-13-8-7-10-18(21)20-12-9-11-19(22(20)23)17(16)6-2/h5-13H,1-4H3/b16-5-,17-6+. The van der Waals surface area contributed by atoms with E-state index in [2.05, 4.69) is 86.9 Å². The van der Waals surface area contributed by atoms with Gasteiger partial charge in [0.05, 0.1) is 11.0 Å². The van der Waals surface area contributed by atoms with Crippen molar-refractivity contribution in [2.24, 2.45) is 0 Å². The molecular weight excluding hydrogens is 278 g/mol. The van der Waals surface area contributed by atoms with E-state index >= 15 is 0 Å². The molecule has 23 heavy (non-hydrogen) atoms. The molecule has 1 nitrogen and oxygen atoms in total. The first kappa shape index (κ1) is 14.1.